The summed E-state index contributed by atoms with van der Waals surface area (Å²) in [7, 11) is 0. The average Bonchev–Trinajstić information content (AvgIpc) is 2.17. The number of carbonyl (C=O) groups excluding carboxylic acids is 1. The van der Waals surface area contributed by atoms with Gasteiger partial charge in [0.15, 0.2) is 10.8 Å². The van der Waals surface area contributed by atoms with Gasteiger partial charge in [-0.1, -0.05) is 25.4 Å². The number of aromatic nitrogens is 2. The molecular formula is C10H13ClN2O2. The summed E-state index contributed by atoms with van der Waals surface area (Å²) in [5.74, 6) is -0.303. The summed E-state index contributed by atoms with van der Waals surface area (Å²) in [5, 5.41) is 7.69. The minimum Gasteiger partial charge on any atom is -0.461 e. The van der Waals surface area contributed by atoms with Crippen molar-refractivity contribution in [3.63, 3.8) is 0 Å². The Morgan fingerprint density at radius 2 is 2.20 bits per heavy atom. The topological polar surface area (TPSA) is 52.1 Å². The average molecular weight is 229 g/mol. The van der Waals surface area contributed by atoms with Crippen LogP contribution in [0, 0.1) is 0 Å². The van der Waals surface area contributed by atoms with E-state index >= 15 is 0 Å². The molecule has 0 saturated heterocycles. The van der Waals surface area contributed by atoms with E-state index in [9.17, 15) is 4.79 Å². The highest BCUT2D eigenvalue weighted by molar-refractivity contribution is 6.29. The van der Waals surface area contributed by atoms with Crippen LogP contribution in [0.15, 0.2) is 6.07 Å². The molecule has 0 bridgehead atoms. The Morgan fingerprint density at radius 1 is 1.53 bits per heavy atom. The Hall–Kier alpha value is -1.16. The molecule has 1 heterocycles. The lowest BCUT2D eigenvalue weighted by molar-refractivity contribution is 0.0516. The predicted octanol–water partition coefficient (Wildman–Crippen LogP) is 2.43. The van der Waals surface area contributed by atoms with Crippen LogP contribution in [-0.4, -0.2) is 22.8 Å². The maximum absolute atomic E-state index is 11.5. The summed E-state index contributed by atoms with van der Waals surface area (Å²) in [5.41, 5.74) is 1.00. The molecule has 5 heteroatoms. The zero-order valence-electron chi connectivity index (χ0n) is 8.95. The summed E-state index contributed by atoms with van der Waals surface area (Å²) < 4.78 is 4.87. The van der Waals surface area contributed by atoms with Crippen LogP contribution in [-0.2, 0) is 4.74 Å². The fourth-order valence-electron chi connectivity index (χ4n) is 1.18. The number of ether oxygens (including phenoxy) is 1. The van der Waals surface area contributed by atoms with Crippen molar-refractivity contribution in [2.75, 3.05) is 6.61 Å². The highest BCUT2D eigenvalue weighted by Crippen LogP contribution is 2.20. The van der Waals surface area contributed by atoms with E-state index in [0.717, 1.165) is 5.56 Å². The Kier molecular flexibility index (Phi) is 4.03. The monoisotopic (exact) mass is 228 g/mol. The minimum atomic E-state index is -0.453. The molecular weight excluding hydrogens is 216 g/mol. The van der Waals surface area contributed by atoms with Gasteiger partial charge in [0.25, 0.3) is 0 Å². The van der Waals surface area contributed by atoms with E-state index in [-0.39, 0.29) is 16.8 Å². The molecule has 0 N–H and O–H groups in total. The van der Waals surface area contributed by atoms with Crippen molar-refractivity contribution in [3.05, 3.63) is 22.5 Å². The molecule has 4 nitrogen and oxygen atoms in total. The van der Waals surface area contributed by atoms with Gasteiger partial charge < -0.3 is 4.74 Å². The van der Waals surface area contributed by atoms with E-state index in [1.165, 1.54) is 0 Å². The second-order valence-corrected chi connectivity index (χ2v) is 3.73. The number of nitrogens with zero attached hydrogens (tertiary/aromatic N) is 2. The molecule has 0 aromatic carbocycles. The van der Waals surface area contributed by atoms with Gasteiger partial charge in [-0.15, -0.1) is 10.2 Å². The van der Waals surface area contributed by atoms with Gasteiger partial charge in [-0.3, -0.25) is 0 Å². The minimum absolute atomic E-state index is 0.150. The first-order valence-electron chi connectivity index (χ1n) is 4.76. The molecule has 82 valence electrons. The van der Waals surface area contributed by atoms with E-state index in [0.29, 0.717) is 6.61 Å². The fourth-order valence-corrected chi connectivity index (χ4v) is 1.33. The van der Waals surface area contributed by atoms with Crippen LogP contribution in [0.5, 0.6) is 0 Å². The van der Waals surface area contributed by atoms with Crippen LogP contribution in [0.4, 0.5) is 0 Å². The van der Waals surface area contributed by atoms with Crippen molar-refractivity contribution in [1.29, 1.82) is 0 Å². The lowest BCUT2D eigenvalue weighted by Gasteiger charge is -2.09. The summed E-state index contributed by atoms with van der Waals surface area (Å²) >= 11 is 5.72. The molecule has 1 aromatic rings. The Balaban J connectivity index is 3.11. The summed E-state index contributed by atoms with van der Waals surface area (Å²) in [6.07, 6.45) is 0. The number of rotatable bonds is 3. The maximum Gasteiger partial charge on any atom is 0.359 e. The van der Waals surface area contributed by atoms with E-state index in [4.69, 9.17) is 16.3 Å². The Morgan fingerprint density at radius 3 is 2.73 bits per heavy atom. The zero-order chi connectivity index (χ0) is 11.4. The fraction of sp³-hybridized carbons (Fsp3) is 0.500. The van der Waals surface area contributed by atoms with Crippen LogP contribution in [0.25, 0.3) is 0 Å². The zero-order valence-corrected chi connectivity index (χ0v) is 9.71. The molecule has 0 saturated carbocycles. The van der Waals surface area contributed by atoms with Crippen molar-refractivity contribution in [2.24, 2.45) is 0 Å². The van der Waals surface area contributed by atoms with E-state index in [1.54, 1.807) is 13.0 Å². The number of carbonyl (C=O) groups is 1. The van der Waals surface area contributed by atoms with Gasteiger partial charge in [0, 0.05) is 0 Å². The van der Waals surface area contributed by atoms with Crippen LogP contribution >= 0.6 is 11.6 Å². The molecule has 15 heavy (non-hydrogen) atoms. The molecule has 0 aliphatic heterocycles. The van der Waals surface area contributed by atoms with Gasteiger partial charge in [0.1, 0.15) is 0 Å². The van der Waals surface area contributed by atoms with Crippen LogP contribution in [0.1, 0.15) is 42.7 Å². The summed E-state index contributed by atoms with van der Waals surface area (Å²) in [4.78, 5) is 11.5. The third kappa shape index (κ3) is 2.89. The normalized spacial score (nSPS) is 10.5. The van der Waals surface area contributed by atoms with Gasteiger partial charge in [0.2, 0.25) is 0 Å². The molecule has 0 aliphatic rings. The number of esters is 1. The second kappa shape index (κ2) is 5.07. The molecule has 0 amide bonds. The standard InChI is InChI=1S/C10H13ClN2O2/c1-4-15-10(14)9-7(6(2)3)5-8(11)12-13-9/h5-6H,4H2,1-3H3. The van der Waals surface area contributed by atoms with E-state index in [1.807, 2.05) is 13.8 Å². The molecule has 0 radical (unpaired) electrons. The first-order valence-corrected chi connectivity index (χ1v) is 5.14. The van der Waals surface area contributed by atoms with Crippen LogP contribution < -0.4 is 0 Å². The van der Waals surface area contributed by atoms with Crippen LogP contribution in [0.3, 0.4) is 0 Å². The van der Waals surface area contributed by atoms with Gasteiger partial charge in [-0.05, 0) is 24.5 Å². The lowest BCUT2D eigenvalue weighted by Crippen LogP contribution is -2.12. The lowest BCUT2D eigenvalue weighted by atomic mass is 10.0. The molecule has 0 unspecified atom stereocenters. The van der Waals surface area contributed by atoms with Gasteiger partial charge in [0.05, 0.1) is 6.61 Å². The first kappa shape index (κ1) is 11.9. The van der Waals surface area contributed by atoms with E-state index < -0.39 is 5.97 Å². The van der Waals surface area contributed by atoms with Gasteiger partial charge in [-0.25, -0.2) is 4.79 Å². The smallest absolute Gasteiger partial charge is 0.359 e. The van der Waals surface area contributed by atoms with Crippen molar-refractivity contribution in [1.82, 2.24) is 10.2 Å². The van der Waals surface area contributed by atoms with Crippen molar-refractivity contribution < 1.29 is 9.53 Å². The van der Waals surface area contributed by atoms with Crippen molar-refractivity contribution in [3.8, 4) is 0 Å². The number of hydrogen-bond acceptors (Lipinski definition) is 4. The molecule has 0 spiro atoms. The molecule has 0 aliphatic carbocycles. The largest absolute Gasteiger partial charge is 0.461 e. The number of hydrogen-bond donors (Lipinski definition) is 0. The van der Waals surface area contributed by atoms with Crippen molar-refractivity contribution >= 4 is 17.6 Å². The second-order valence-electron chi connectivity index (χ2n) is 3.35. The third-order valence-electron chi connectivity index (χ3n) is 1.88. The van der Waals surface area contributed by atoms with Gasteiger partial charge >= 0.3 is 5.97 Å². The highest BCUT2D eigenvalue weighted by atomic mass is 35.5. The molecule has 0 fully saturated rings. The Labute approximate surface area is 93.6 Å². The predicted molar refractivity (Wildman–Crippen MR) is 57.1 cm³/mol. The quantitative estimate of drug-likeness (QED) is 0.746. The molecule has 1 rings (SSSR count). The highest BCUT2D eigenvalue weighted by Gasteiger charge is 2.17. The first-order chi connectivity index (χ1) is 7.06. The summed E-state index contributed by atoms with van der Waals surface area (Å²) in [6.45, 7) is 5.98. The van der Waals surface area contributed by atoms with Crippen molar-refractivity contribution in [2.45, 2.75) is 26.7 Å². The van der Waals surface area contributed by atoms with E-state index in [2.05, 4.69) is 10.2 Å². The SMILES string of the molecule is CCOC(=O)c1nnc(Cl)cc1C(C)C. The summed E-state index contributed by atoms with van der Waals surface area (Å²) in [6, 6.07) is 1.64. The maximum atomic E-state index is 11.5. The van der Waals surface area contributed by atoms with Gasteiger partial charge in [-0.2, -0.15) is 0 Å². The van der Waals surface area contributed by atoms with Crippen LogP contribution in [0.2, 0.25) is 5.15 Å². The molecule has 0 atom stereocenters. The Bertz CT molecular complexity index is 366. The third-order valence-corrected chi connectivity index (χ3v) is 2.07. The molecule has 1 aromatic heterocycles. The number of halogens is 1.